The summed E-state index contributed by atoms with van der Waals surface area (Å²) in [6.07, 6.45) is 4.69. The Morgan fingerprint density at radius 2 is 1.89 bits per heavy atom. The van der Waals surface area contributed by atoms with E-state index in [2.05, 4.69) is 56.8 Å². The Kier molecular flexibility index (Phi) is 4.29. The normalized spacial score (nSPS) is 19.9. The van der Waals surface area contributed by atoms with Gasteiger partial charge in [-0.15, -0.1) is 0 Å². The van der Waals surface area contributed by atoms with E-state index in [1.807, 2.05) is 0 Å². The molecular formula is C17H28N2. The lowest BCUT2D eigenvalue weighted by Gasteiger charge is -2.36. The molecule has 1 aromatic rings. The highest BCUT2D eigenvalue weighted by atomic mass is 15.1. The van der Waals surface area contributed by atoms with E-state index in [1.54, 1.807) is 0 Å². The van der Waals surface area contributed by atoms with Gasteiger partial charge >= 0.3 is 0 Å². The van der Waals surface area contributed by atoms with E-state index in [9.17, 15) is 0 Å². The number of pyridine rings is 1. The fourth-order valence-corrected chi connectivity index (χ4v) is 2.91. The molecule has 1 aliphatic rings. The zero-order chi connectivity index (χ0) is 14.0. The molecule has 0 atom stereocenters. The molecule has 0 aliphatic carbocycles. The summed E-state index contributed by atoms with van der Waals surface area (Å²) < 4.78 is 0. The highest BCUT2D eigenvalue weighted by Gasteiger charge is 2.25. The van der Waals surface area contributed by atoms with E-state index in [4.69, 9.17) is 0 Å². The lowest BCUT2D eigenvalue weighted by molar-refractivity contribution is 0.127. The third-order valence-electron chi connectivity index (χ3n) is 4.34. The van der Waals surface area contributed by atoms with Crippen molar-refractivity contribution in [3.63, 3.8) is 0 Å². The average Bonchev–Trinajstić information content (AvgIpc) is 2.31. The summed E-state index contributed by atoms with van der Waals surface area (Å²) in [5, 5.41) is 0. The summed E-state index contributed by atoms with van der Waals surface area (Å²) in [6, 6.07) is 2.32. The Morgan fingerprint density at radius 3 is 2.42 bits per heavy atom. The maximum Gasteiger partial charge on any atom is 0.0458 e. The minimum Gasteiger partial charge on any atom is -0.299 e. The van der Waals surface area contributed by atoms with Crippen molar-refractivity contribution in [1.29, 1.82) is 0 Å². The summed E-state index contributed by atoms with van der Waals surface area (Å²) in [4.78, 5) is 7.21. The minimum absolute atomic E-state index is 0.518. The number of aromatic nitrogens is 1. The molecule has 0 aromatic carbocycles. The molecule has 0 N–H and O–H groups in total. The number of piperidine rings is 1. The van der Waals surface area contributed by atoms with Crippen LogP contribution in [-0.2, 0) is 6.54 Å². The van der Waals surface area contributed by atoms with E-state index in [-0.39, 0.29) is 0 Å². The van der Waals surface area contributed by atoms with Crippen LogP contribution in [0.2, 0.25) is 0 Å². The Bertz CT molecular complexity index is 425. The molecule has 1 fully saturated rings. The molecule has 2 rings (SSSR count). The second kappa shape index (κ2) is 5.62. The van der Waals surface area contributed by atoms with Gasteiger partial charge in [-0.05, 0) is 55.3 Å². The van der Waals surface area contributed by atoms with Crippen LogP contribution in [0.4, 0.5) is 0 Å². The molecule has 0 spiro atoms. The third-order valence-corrected chi connectivity index (χ3v) is 4.34. The van der Waals surface area contributed by atoms with Crippen LogP contribution in [0, 0.1) is 12.3 Å². The zero-order valence-electron chi connectivity index (χ0n) is 13.2. The average molecular weight is 260 g/mol. The van der Waals surface area contributed by atoms with Gasteiger partial charge in [0.15, 0.2) is 0 Å². The van der Waals surface area contributed by atoms with Crippen LogP contribution in [-0.4, -0.2) is 23.0 Å². The number of hydrogen-bond acceptors (Lipinski definition) is 2. The summed E-state index contributed by atoms with van der Waals surface area (Å²) in [6.45, 7) is 14.9. The summed E-state index contributed by atoms with van der Waals surface area (Å²) >= 11 is 0. The van der Waals surface area contributed by atoms with Gasteiger partial charge in [0.05, 0.1) is 0 Å². The molecule has 0 saturated carbocycles. The highest BCUT2D eigenvalue weighted by Crippen LogP contribution is 2.30. The third kappa shape index (κ3) is 3.79. The first kappa shape index (κ1) is 14.5. The van der Waals surface area contributed by atoms with Gasteiger partial charge in [0.25, 0.3) is 0 Å². The van der Waals surface area contributed by atoms with Gasteiger partial charge in [-0.1, -0.05) is 33.8 Å². The summed E-state index contributed by atoms with van der Waals surface area (Å²) in [5.74, 6) is 0.518. The van der Waals surface area contributed by atoms with Crippen LogP contribution in [0.15, 0.2) is 12.3 Å². The Labute approximate surface area is 118 Å². The highest BCUT2D eigenvalue weighted by molar-refractivity contribution is 5.26. The van der Waals surface area contributed by atoms with Crippen molar-refractivity contribution in [2.45, 2.75) is 59.9 Å². The molecule has 1 aromatic heterocycles. The molecule has 2 heterocycles. The lowest BCUT2D eigenvalue weighted by Crippen LogP contribution is -2.36. The first-order valence-electron chi connectivity index (χ1n) is 7.55. The van der Waals surface area contributed by atoms with Crippen molar-refractivity contribution in [3.8, 4) is 0 Å². The Morgan fingerprint density at radius 1 is 1.26 bits per heavy atom. The number of hydrogen-bond donors (Lipinski definition) is 0. The molecule has 2 heteroatoms. The second-order valence-electron chi connectivity index (χ2n) is 7.14. The monoisotopic (exact) mass is 260 g/mol. The fraction of sp³-hybridized carbons (Fsp3) is 0.706. The maximum atomic E-state index is 4.65. The minimum atomic E-state index is 0.518. The lowest BCUT2D eigenvalue weighted by atomic mass is 9.82. The fourth-order valence-electron chi connectivity index (χ4n) is 2.91. The van der Waals surface area contributed by atoms with E-state index in [1.165, 1.54) is 42.8 Å². The standard InChI is InChI=1S/C17H28N2/c1-13(2)16-14(3)10-15(11-18-16)12-19-8-6-17(4,5)7-9-19/h10-11,13H,6-9,12H2,1-5H3. The predicted octanol–water partition coefficient (Wildman–Crippen LogP) is 4.14. The van der Waals surface area contributed by atoms with Crippen LogP contribution < -0.4 is 0 Å². The molecule has 2 nitrogen and oxygen atoms in total. The molecule has 1 aliphatic heterocycles. The quantitative estimate of drug-likeness (QED) is 0.812. The summed E-state index contributed by atoms with van der Waals surface area (Å²) in [7, 11) is 0. The number of nitrogens with zero attached hydrogens (tertiary/aromatic N) is 2. The Hall–Kier alpha value is -0.890. The molecule has 0 unspecified atom stereocenters. The predicted molar refractivity (Wildman–Crippen MR) is 81.4 cm³/mol. The van der Waals surface area contributed by atoms with Crippen LogP contribution in [0.1, 0.15) is 63.3 Å². The topological polar surface area (TPSA) is 16.1 Å². The largest absolute Gasteiger partial charge is 0.299 e. The number of likely N-dealkylation sites (tertiary alicyclic amines) is 1. The van der Waals surface area contributed by atoms with E-state index >= 15 is 0 Å². The molecule has 1 saturated heterocycles. The van der Waals surface area contributed by atoms with Gasteiger partial charge in [0.2, 0.25) is 0 Å². The van der Waals surface area contributed by atoms with Gasteiger partial charge < -0.3 is 0 Å². The molecule has 19 heavy (non-hydrogen) atoms. The summed E-state index contributed by atoms with van der Waals surface area (Å²) in [5.41, 5.74) is 4.47. The van der Waals surface area contributed by atoms with Gasteiger partial charge in [0, 0.05) is 18.4 Å². The SMILES string of the molecule is Cc1cc(CN2CCC(C)(C)CC2)cnc1C(C)C. The van der Waals surface area contributed by atoms with Crippen molar-refractivity contribution >= 4 is 0 Å². The van der Waals surface area contributed by atoms with Gasteiger partial charge in [0.1, 0.15) is 0 Å². The smallest absolute Gasteiger partial charge is 0.0458 e. The van der Waals surface area contributed by atoms with Crippen molar-refractivity contribution < 1.29 is 0 Å². The number of aryl methyl sites for hydroxylation is 1. The molecular weight excluding hydrogens is 232 g/mol. The van der Waals surface area contributed by atoms with E-state index < -0.39 is 0 Å². The number of rotatable bonds is 3. The molecule has 106 valence electrons. The van der Waals surface area contributed by atoms with Gasteiger partial charge in [-0.2, -0.15) is 0 Å². The van der Waals surface area contributed by atoms with Crippen molar-refractivity contribution in [1.82, 2.24) is 9.88 Å². The first-order chi connectivity index (χ1) is 8.87. The van der Waals surface area contributed by atoms with Crippen molar-refractivity contribution in [2.75, 3.05) is 13.1 Å². The zero-order valence-corrected chi connectivity index (χ0v) is 13.2. The van der Waals surface area contributed by atoms with Gasteiger partial charge in [-0.3, -0.25) is 9.88 Å². The van der Waals surface area contributed by atoms with E-state index in [0.717, 1.165) is 6.54 Å². The van der Waals surface area contributed by atoms with Crippen molar-refractivity contribution in [3.05, 3.63) is 29.1 Å². The first-order valence-corrected chi connectivity index (χ1v) is 7.55. The molecule has 0 radical (unpaired) electrons. The van der Waals surface area contributed by atoms with Crippen molar-refractivity contribution in [2.24, 2.45) is 5.41 Å². The van der Waals surface area contributed by atoms with E-state index in [0.29, 0.717) is 11.3 Å². The molecule has 0 amide bonds. The molecule has 0 bridgehead atoms. The van der Waals surface area contributed by atoms with Crippen LogP contribution >= 0.6 is 0 Å². The van der Waals surface area contributed by atoms with Crippen LogP contribution in [0.3, 0.4) is 0 Å². The Balaban J connectivity index is 1.99. The second-order valence-corrected chi connectivity index (χ2v) is 7.14. The van der Waals surface area contributed by atoms with Crippen LogP contribution in [0.25, 0.3) is 0 Å². The van der Waals surface area contributed by atoms with Crippen LogP contribution in [0.5, 0.6) is 0 Å². The maximum absolute atomic E-state index is 4.65. The van der Waals surface area contributed by atoms with Gasteiger partial charge in [-0.25, -0.2) is 0 Å².